The van der Waals surface area contributed by atoms with Crippen LogP contribution in [0, 0.1) is 0 Å². The first-order valence-corrected chi connectivity index (χ1v) is 7.92. The number of carbonyl (C=O) groups excluding carboxylic acids is 1. The molecule has 1 amide bonds. The van der Waals surface area contributed by atoms with E-state index in [-0.39, 0.29) is 19.4 Å². The summed E-state index contributed by atoms with van der Waals surface area (Å²) in [5.74, 6) is -0.127. The van der Waals surface area contributed by atoms with Crippen molar-refractivity contribution in [2.24, 2.45) is 0 Å². The molecule has 1 aliphatic rings. The van der Waals surface area contributed by atoms with E-state index in [0.717, 1.165) is 4.90 Å². The average Bonchev–Trinajstić information content (AvgIpc) is 2.92. The van der Waals surface area contributed by atoms with Crippen molar-refractivity contribution in [3.05, 3.63) is 30.3 Å². The van der Waals surface area contributed by atoms with Crippen LogP contribution in [0.1, 0.15) is 39.5 Å². The molecule has 3 nitrogen and oxygen atoms in total. The van der Waals surface area contributed by atoms with Gasteiger partial charge in [0.25, 0.3) is 5.91 Å². The Hall–Kier alpha value is -1.72. The second-order valence-corrected chi connectivity index (χ2v) is 5.95. The first kappa shape index (κ1) is 17.6. The number of para-hydroxylation sites is 1. The Balaban J connectivity index is 2.19. The summed E-state index contributed by atoms with van der Waals surface area (Å²) in [7, 11) is 0. The van der Waals surface area contributed by atoms with Gasteiger partial charge < -0.3 is 9.64 Å². The molecule has 0 aromatic heterocycles. The molecule has 1 saturated heterocycles. The minimum atomic E-state index is -4.43. The fourth-order valence-corrected chi connectivity index (χ4v) is 3.28. The molecular formula is C17H22F3NO2. The van der Waals surface area contributed by atoms with Gasteiger partial charge in [0, 0.05) is 6.54 Å². The maximum Gasteiger partial charge on any atom is 0.411 e. The summed E-state index contributed by atoms with van der Waals surface area (Å²) in [5.41, 5.74) is -2.05. The number of hydrogen-bond acceptors (Lipinski definition) is 2. The van der Waals surface area contributed by atoms with Gasteiger partial charge in [-0.3, -0.25) is 4.79 Å². The van der Waals surface area contributed by atoms with Crippen LogP contribution in [0.5, 0.6) is 5.75 Å². The molecule has 0 spiro atoms. The number of rotatable bonds is 5. The van der Waals surface area contributed by atoms with Gasteiger partial charge in [-0.05, 0) is 38.3 Å². The van der Waals surface area contributed by atoms with Crippen molar-refractivity contribution in [2.75, 3.05) is 6.54 Å². The molecule has 2 rings (SSSR count). The van der Waals surface area contributed by atoms with Crippen LogP contribution in [-0.2, 0) is 4.79 Å². The fourth-order valence-electron chi connectivity index (χ4n) is 3.28. The summed E-state index contributed by atoms with van der Waals surface area (Å²) in [6.45, 7) is 3.33. The van der Waals surface area contributed by atoms with Crippen molar-refractivity contribution in [3.8, 4) is 5.75 Å². The average molecular weight is 329 g/mol. The zero-order valence-electron chi connectivity index (χ0n) is 13.4. The van der Waals surface area contributed by atoms with E-state index in [1.165, 1.54) is 6.92 Å². The van der Waals surface area contributed by atoms with E-state index >= 15 is 0 Å². The molecular weight excluding hydrogens is 307 g/mol. The van der Waals surface area contributed by atoms with E-state index in [1.54, 1.807) is 37.3 Å². The molecule has 128 valence electrons. The van der Waals surface area contributed by atoms with Crippen molar-refractivity contribution >= 4 is 5.91 Å². The molecule has 1 aromatic carbocycles. The number of ether oxygens (including phenoxy) is 1. The molecule has 23 heavy (non-hydrogen) atoms. The molecule has 0 unspecified atom stereocenters. The van der Waals surface area contributed by atoms with E-state index in [2.05, 4.69) is 0 Å². The standard InChI is InChI=1S/C17H22F3NO2/c1-3-10-16(17(18,19)20)11-7-12-21(16)15(22)13(2)23-14-8-5-4-6-9-14/h4-6,8-9,13H,3,7,10-12H2,1-2H3/t13-,16-/m0/s1. The van der Waals surface area contributed by atoms with Gasteiger partial charge in [-0.25, -0.2) is 0 Å². The van der Waals surface area contributed by atoms with Gasteiger partial charge in [-0.1, -0.05) is 31.5 Å². The number of hydrogen-bond donors (Lipinski definition) is 0. The number of likely N-dealkylation sites (tertiary alicyclic amines) is 1. The highest BCUT2D eigenvalue weighted by atomic mass is 19.4. The highest BCUT2D eigenvalue weighted by Gasteiger charge is 2.61. The molecule has 1 aliphatic heterocycles. The Bertz CT molecular complexity index is 532. The molecule has 0 saturated carbocycles. The smallest absolute Gasteiger partial charge is 0.411 e. The van der Waals surface area contributed by atoms with Gasteiger partial charge in [-0.15, -0.1) is 0 Å². The van der Waals surface area contributed by atoms with Crippen molar-refractivity contribution in [1.29, 1.82) is 0 Å². The van der Waals surface area contributed by atoms with Crippen molar-refractivity contribution in [1.82, 2.24) is 4.90 Å². The van der Waals surface area contributed by atoms with Gasteiger partial charge in [-0.2, -0.15) is 13.2 Å². The van der Waals surface area contributed by atoms with Crippen LogP contribution >= 0.6 is 0 Å². The minimum Gasteiger partial charge on any atom is -0.481 e. The van der Waals surface area contributed by atoms with Gasteiger partial charge >= 0.3 is 6.18 Å². The third-order valence-electron chi connectivity index (χ3n) is 4.35. The van der Waals surface area contributed by atoms with Gasteiger partial charge in [0.1, 0.15) is 11.3 Å². The summed E-state index contributed by atoms with van der Waals surface area (Å²) in [5, 5.41) is 0. The fraction of sp³-hybridized carbons (Fsp3) is 0.588. The quantitative estimate of drug-likeness (QED) is 0.811. The Morgan fingerprint density at radius 1 is 1.35 bits per heavy atom. The monoisotopic (exact) mass is 329 g/mol. The first-order chi connectivity index (χ1) is 10.8. The van der Waals surface area contributed by atoms with Crippen LogP contribution in [0.25, 0.3) is 0 Å². The number of halogens is 3. The van der Waals surface area contributed by atoms with E-state index in [4.69, 9.17) is 4.74 Å². The predicted octanol–water partition coefficient (Wildman–Crippen LogP) is 4.18. The summed E-state index contributed by atoms with van der Waals surface area (Å²) < 4.78 is 46.5. The second-order valence-electron chi connectivity index (χ2n) is 5.95. The molecule has 2 atom stereocenters. The van der Waals surface area contributed by atoms with Crippen molar-refractivity contribution in [3.63, 3.8) is 0 Å². The zero-order chi connectivity index (χ0) is 17.1. The van der Waals surface area contributed by atoms with Crippen LogP contribution in [-0.4, -0.2) is 35.2 Å². The predicted molar refractivity (Wildman–Crippen MR) is 81.2 cm³/mol. The lowest BCUT2D eigenvalue weighted by Crippen LogP contribution is -2.59. The largest absolute Gasteiger partial charge is 0.481 e. The lowest BCUT2D eigenvalue weighted by atomic mass is 9.89. The molecule has 0 radical (unpaired) electrons. The summed E-state index contributed by atoms with van der Waals surface area (Å²) in [4.78, 5) is 13.6. The van der Waals surface area contributed by atoms with E-state index in [9.17, 15) is 18.0 Å². The molecule has 6 heteroatoms. The maximum atomic E-state index is 13.7. The molecule has 1 aromatic rings. The van der Waals surface area contributed by atoms with E-state index in [0.29, 0.717) is 18.6 Å². The minimum absolute atomic E-state index is 0.0336. The highest BCUT2D eigenvalue weighted by Crippen LogP contribution is 2.46. The SMILES string of the molecule is CCC[C@@]1(C(F)(F)F)CCCN1C(=O)[C@H](C)Oc1ccccc1. The molecule has 0 bridgehead atoms. The summed E-state index contributed by atoms with van der Waals surface area (Å²) in [6.07, 6.45) is -4.74. The molecule has 0 N–H and O–H groups in total. The first-order valence-electron chi connectivity index (χ1n) is 7.92. The summed E-state index contributed by atoms with van der Waals surface area (Å²) in [6, 6.07) is 8.66. The number of amides is 1. The van der Waals surface area contributed by atoms with Crippen LogP contribution in [0.2, 0.25) is 0 Å². The van der Waals surface area contributed by atoms with Crippen LogP contribution in [0.3, 0.4) is 0 Å². The third-order valence-corrected chi connectivity index (χ3v) is 4.35. The molecule has 1 fully saturated rings. The second kappa shape index (κ2) is 6.81. The lowest BCUT2D eigenvalue weighted by molar-refractivity contribution is -0.227. The Morgan fingerprint density at radius 2 is 2.00 bits per heavy atom. The van der Waals surface area contributed by atoms with Crippen LogP contribution in [0.4, 0.5) is 13.2 Å². The van der Waals surface area contributed by atoms with Gasteiger partial charge in [0.05, 0.1) is 0 Å². The zero-order valence-corrected chi connectivity index (χ0v) is 13.4. The number of alkyl halides is 3. The maximum absolute atomic E-state index is 13.7. The van der Waals surface area contributed by atoms with E-state index < -0.39 is 23.7 Å². The van der Waals surface area contributed by atoms with Crippen LogP contribution in [0.15, 0.2) is 30.3 Å². The normalized spacial score (nSPS) is 22.9. The third kappa shape index (κ3) is 3.46. The van der Waals surface area contributed by atoms with Gasteiger partial charge in [0.2, 0.25) is 0 Å². The molecule has 1 heterocycles. The molecule has 0 aliphatic carbocycles. The van der Waals surface area contributed by atoms with Gasteiger partial charge in [0.15, 0.2) is 6.10 Å². The van der Waals surface area contributed by atoms with Crippen molar-refractivity contribution < 1.29 is 22.7 Å². The number of carbonyl (C=O) groups is 1. The van der Waals surface area contributed by atoms with Crippen LogP contribution < -0.4 is 4.74 Å². The topological polar surface area (TPSA) is 29.5 Å². The lowest BCUT2D eigenvalue weighted by Gasteiger charge is -2.41. The highest BCUT2D eigenvalue weighted by molar-refractivity contribution is 5.82. The Labute approximate surface area is 134 Å². The number of benzene rings is 1. The Kier molecular flexibility index (Phi) is 5.22. The van der Waals surface area contributed by atoms with Crippen molar-refractivity contribution in [2.45, 2.75) is 57.3 Å². The summed E-state index contributed by atoms with van der Waals surface area (Å²) >= 11 is 0. The van der Waals surface area contributed by atoms with E-state index in [1.807, 2.05) is 0 Å². The number of nitrogens with zero attached hydrogens (tertiary/aromatic N) is 1. The Morgan fingerprint density at radius 3 is 2.57 bits per heavy atom.